The van der Waals surface area contributed by atoms with Crippen LogP contribution in [0.25, 0.3) is 6.08 Å². The van der Waals surface area contributed by atoms with Crippen molar-refractivity contribution < 1.29 is 14.3 Å². The van der Waals surface area contributed by atoms with Gasteiger partial charge >= 0.3 is 0 Å². The van der Waals surface area contributed by atoms with E-state index in [-0.39, 0.29) is 11.6 Å². The number of carbonyl (C=O) groups excluding carboxylic acids is 2. The molecule has 0 aliphatic heterocycles. The minimum absolute atomic E-state index is 0.138. The van der Waals surface area contributed by atoms with Gasteiger partial charge in [0.1, 0.15) is 11.5 Å². The van der Waals surface area contributed by atoms with Crippen molar-refractivity contribution in [1.82, 2.24) is 0 Å². The molecule has 0 N–H and O–H groups in total. The Bertz CT molecular complexity index is 729. The van der Waals surface area contributed by atoms with Crippen molar-refractivity contribution >= 4 is 17.6 Å². The molecule has 0 saturated carbocycles. The number of hydrogen-bond acceptors (Lipinski definition) is 3. The molecule has 0 bridgehead atoms. The lowest BCUT2D eigenvalue weighted by Crippen LogP contribution is -2.34. The second kappa shape index (κ2) is 7.73. The Hall–Kier alpha value is -2.68. The second-order valence-corrected chi connectivity index (χ2v) is 5.96. The van der Waals surface area contributed by atoms with E-state index < -0.39 is 5.41 Å². The number of carbonyl (C=O) groups is 2. The van der Waals surface area contributed by atoms with Gasteiger partial charge in [0.25, 0.3) is 0 Å². The number of ether oxygens (including phenoxy) is 1. The Labute approximate surface area is 143 Å². The largest absolute Gasteiger partial charge is 0.497 e. The van der Waals surface area contributed by atoms with Crippen LogP contribution in [0.3, 0.4) is 0 Å². The summed E-state index contributed by atoms with van der Waals surface area (Å²) >= 11 is 0. The predicted molar refractivity (Wildman–Crippen MR) is 96.2 cm³/mol. The van der Waals surface area contributed by atoms with E-state index in [1.807, 2.05) is 42.5 Å². The monoisotopic (exact) mass is 322 g/mol. The van der Waals surface area contributed by atoms with Crippen LogP contribution in [-0.4, -0.2) is 18.7 Å². The van der Waals surface area contributed by atoms with E-state index in [1.165, 1.54) is 6.92 Å². The zero-order valence-corrected chi connectivity index (χ0v) is 14.3. The fourth-order valence-electron chi connectivity index (χ4n) is 2.45. The number of methoxy groups -OCH3 is 1. The number of rotatable bonds is 7. The molecule has 0 aliphatic carbocycles. The zero-order valence-electron chi connectivity index (χ0n) is 14.3. The van der Waals surface area contributed by atoms with E-state index in [4.69, 9.17) is 4.74 Å². The highest BCUT2D eigenvalue weighted by molar-refractivity contribution is 6.13. The quantitative estimate of drug-likeness (QED) is 0.554. The molecule has 124 valence electrons. The molecule has 0 fully saturated rings. The van der Waals surface area contributed by atoms with Crippen LogP contribution in [-0.2, 0) is 4.79 Å². The molecule has 0 radical (unpaired) electrons. The molecule has 0 heterocycles. The average molecular weight is 322 g/mol. The van der Waals surface area contributed by atoms with Crippen molar-refractivity contribution in [1.29, 1.82) is 0 Å². The summed E-state index contributed by atoms with van der Waals surface area (Å²) in [6.07, 6.45) is 4.18. The predicted octanol–water partition coefficient (Wildman–Crippen LogP) is 4.58. The molecular formula is C21H22O3. The molecule has 3 nitrogen and oxygen atoms in total. The molecule has 2 rings (SSSR count). The van der Waals surface area contributed by atoms with Crippen LogP contribution in [0.15, 0.2) is 60.7 Å². The van der Waals surface area contributed by atoms with Gasteiger partial charge in [0.05, 0.1) is 12.5 Å². The van der Waals surface area contributed by atoms with Gasteiger partial charge in [-0.1, -0.05) is 42.5 Å². The van der Waals surface area contributed by atoms with Crippen LogP contribution >= 0.6 is 0 Å². The molecule has 0 aromatic heterocycles. The molecule has 2 aromatic rings. The minimum atomic E-state index is -1.07. The minimum Gasteiger partial charge on any atom is -0.497 e. The summed E-state index contributed by atoms with van der Waals surface area (Å²) < 4.78 is 5.11. The standard InChI is InChI=1S/C21H22O3/c1-16(22)21(2,15-7-10-17-8-5-4-6-9-17)20(23)18-11-13-19(24-3)14-12-18/h4-14H,15H2,1-3H3/b10-7+/t21-/m0/s1. The molecule has 0 aliphatic rings. The van der Waals surface area contributed by atoms with Gasteiger partial charge in [-0.3, -0.25) is 9.59 Å². The fourth-order valence-corrected chi connectivity index (χ4v) is 2.45. The molecule has 24 heavy (non-hydrogen) atoms. The summed E-state index contributed by atoms with van der Waals surface area (Å²) in [6.45, 7) is 3.18. The first kappa shape index (κ1) is 17.7. The van der Waals surface area contributed by atoms with Crippen LogP contribution < -0.4 is 4.74 Å². The van der Waals surface area contributed by atoms with Crippen molar-refractivity contribution in [3.05, 3.63) is 71.8 Å². The third-order valence-electron chi connectivity index (χ3n) is 4.27. The average Bonchev–Trinajstić information content (AvgIpc) is 2.61. The topological polar surface area (TPSA) is 43.4 Å². The number of allylic oxidation sites excluding steroid dienone is 1. The smallest absolute Gasteiger partial charge is 0.176 e. The molecule has 0 amide bonds. The maximum absolute atomic E-state index is 12.9. The summed E-state index contributed by atoms with van der Waals surface area (Å²) in [5, 5.41) is 0. The molecular weight excluding hydrogens is 300 g/mol. The van der Waals surface area contributed by atoms with Crippen LogP contribution in [0.4, 0.5) is 0 Å². The maximum atomic E-state index is 12.9. The van der Waals surface area contributed by atoms with E-state index >= 15 is 0 Å². The number of benzene rings is 2. The van der Waals surface area contributed by atoms with E-state index in [1.54, 1.807) is 38.3 Å². The number of Topliss-reactive ketones (excluding diaryl/α,β-unsaturated/α-hetero) is 2. The summed E-state index contributed by atoms with van der Waals surface area (Å²) in [7, 11) is 1.57. The highest BCUT2D eigenvalue weighted by Gasteiger charge is 2.37. The van der Waals surface area contributed by atoms with Crippen LogP contribution in [0, 0.1) is 5.41 Å². The van der Waals surface area contributed by atoms with Gasteiger partial charge in [0, 0.05) is 5.56 Å². The van der Waals surface area contributed by atoms with Crippen molar-refractivity contribution in [2.24, 2.45) is 5.41 Å². The summed E-state index contributed by atoms with van der Waals surface area (Å²) in [5.41, 5.74) is 0.488. The Kier molecular flexibility index (Phi) is 5.69. The van der Waals surface area contributed by atoms with Crippen molar-refractivity contribution in [3.63, 3.8) is 0 Å². The second-order valence-electron chi connectivity index (χ2n) is 5.96. The van der Waals surface area contributed by atoms with Gasteiger partial charge in [0.15, 0.2) is 5.78 Å². The normalized spacial score (nSPS) is 13.5. The molecule has 0 unspecified atom stereocenters. The maximum Gasteiger partial charge on any atom is 0.176 e. The SMILES string of the molecule is COc1ccc(C(=O)[C@@](C)(C/C=C/c2ccccc2)C(C)=O)cc1. The number of ketones is 2. The first-order chi connectivity index (χ1) is 11.5. The van der Waals surface area contributed by atoms with E-state index in [2.05, 4.69) is 0 Å². The van der Waals surface area contributed by atoms with Gasteiger partial charge in [-0.05, 0) is 50.1 Å². The lowest BCUT2D eigenvalue weighted by molar-refractivity contribution is -0.123. The van der Waals surface area contributed by atoms with E-state index in [0.717, 1.165) is 5.56 Å². The molecule has 0 saturated heterocycles. The highest BCUT2D eigenvalue weighted by Crippen LogP contribution is 2.29. The van der Waals surface area contributed by atoms with E-state index in [0.29, 0.717) is 17.7 Å². The van der Waals surface area contributed by atoms with Gasteiger partial charge in [0.2, 0.25) is 0 Å². The molecule has 3 heteroatoms. The van der Waals surface area contributed by atoms with Crippen LogP contribution in [0.2, 0.25) is 0 Å². The lowest BCUT2D eigenvalue weighted by Gasteiger charge is -2.24. The van der Waals surface area contributed by atoms with E-state index in [9.17, 15) is 9.59 Å². The molecule has 2 aromatic carbocycles. The highest BCUT2D eigenvalue weighted by atomic mass is 16.5. The summed E-state index contributed by atoms with van der Waals surface area (Å²) in [5.74, 6) is 0.372. The van der Waals surface area contributed by atoms with Gasteiger partial charge in [-0.15, -0.1) is 0 Å². The Balaban J connectivity index is 2.20. The van der Waals surface area contributed by atoms with Gasteiger partial charge in [-0.2, -0.15) is 0 Å². The zero-order chi connectivity index (χ0) is 17.6. The Morgan fingerprint density at radius 3 is 2.21 bits per heavy atom. The third-order valence-corrected chi connectivity index (χ3v) is 4.27. The van der Waals surface area contributed by atoms with Gasteiger partial charge in [-0.25, -0.2) is 0 Å². The number of hydrogen-bond donors (Lipinski definition) is 0. The Morgan fingerprint density at radius 2 is 1.67 bits per heavy atom. The first-order valence-corrected chi connectivity index (χ1v) is 7.89. The Morgan fingerprint density at radius 1 is 1.04 bits per heavy atom. The summed E-state index contributed by atoms with van der Waals surface area (Å²) in [4.78, 5) is 25.0. The van der Waals surface area contributed by atoms with Crippen molar-refractivity contribution in [3.8, 4) is 5.75 Å². The van der Waals surface area contributed by atoms with Crippen LogP contribution in [0.5, 0.6) is 5.75 Å². The fraction of sp³-hybridized carbons (Fsp3) is 0.238. The lowest BCUT2D eigenvalue weighted by atomic mass is 9.76. The molecule has 1 atom stereocenters. The third kappa shape index (κ3) is 3.99. The van der Waals surface area contributed by atoms with Crippen molar-refractivity contribution in [2.75, 3.05) is 7.11 Å². The first-order valence-electron chi connectivity index (χ1n) is 7.89. The van der Waals surface area contributed by atoms with Gasteiger partial charge < -0.3 is 4.74 Å². The molecule has 0 spiro atoms. The summed E-state index contributed by atoms with van der Waals surface area (Å²) in [6, 6.07) is 16.7. The van der Waals surface area contributed by atoms with Crippen LogP contribution in [0.1, 0.15) is 36.2 Å². The van der Waals surface area contributed by atoms with Crippen molar-refractivity contribution in [2.45, 2.75) is 20.3 Å².